The van der Waals surface area contributed by atoms with Gasteiger partial charge in [0.05, 0.1) is 4.90 Å². The summed E-state index contributed by atoms with van der Waals surface area (Å²) in [5, 5.41) is 0. The third-order valence-electron chi connectivity index (χ3n) is 3.86. The van der Waals surface area contributed by atoms with E-state index in [0.29, 0.717) is 5.75 Å². The zero-order valence-corrected chi connectivity index (χ0v) is 17.0. The van der Waals surface area contributed by atoms with Crippen molar-refractivity contribution in [2.24, 2.45) is 0 Å². The lowest BCUT2D eigenvalue weighted by Crippen LogP contribution is -2.43. The molecule has 2 rings (SSSR count). The van der Waals surface area contributed by atoms with Gasteiger partial charge in [-0.05, 0) is 55.3 Å². The van der Waals surface area contributed by atoms with Gasteiger partial charge in [0.15, 0.2) is 6.61 Å². The summed E-state index contributed by atoms with van der Waals surface area (Å²) in [5.41, 5.74) is 6.59. The van der Waals surface area contributed by atoms with Crippen LogP contribution in [0.1, 0.15) is 21.5 Å². The number of carbonyl (C=O) groups is 2. The van der Waals surface area contributed by atoms with Gasteiger partial charge in [-0.2, -0.15) is 0 Å². The molecule has 0 aromatic heterocycles. The Balaban J connectivity index is 1.87. The van der Waals surface area contributed by atoms with Crippen LogP contribution in [-0.2, 0) is 14.8 Å². The van der Waals surface area contributed by atoms with Crippen LogP contribution in [0.5, 0.6) is 5.75 Å². The third-order valence-corrected chi connectivity index (χ3v) is 5.30. The minimum Gasteiger partial charge on any atom is -0.483 e. The lowest BCUT2D eigenvalue weighted by molar-refractivity contribution is -0.123. The molecule has 0 saturated heterocycles. The van der Waals surface area contributed by atoms with E-state index in [0.717, 1.165) is 11.1 Å². The molecular weight excluding hydrogens is 394 g/mol. The number of carbonyl (C=O) groups excluding carboxylic acids is 2. The summed E-state index contributed by atoms with van der Waals surface area (Å²) in [6.07, 6.45) is 1.42. The molecule has 0 unspecified atom stereocenters. The zero-order chi connectivity index (χ0) is 21.4. The molecule has 0 saturated carbocycles. The van der Waals surface area contributed by atoms with Gasteiger partial charge in [0.1, 0.15) is 5.75 Å². The van der Waals surface area contributed by atoms with Crippen LogP contribution in [0.15, 0.2) is 60.0 Å². The number of hydrogen-bond acceptors (Lipinski definition) is 5. The quantitative estimate of drug-likeness (QED) is 0.446. The summed E-state index contributed by atoms with van der Waals surface area (Å²) in [7, 11) is -3.67. The lowest BCUT2D eigenvalue weighted by atomic mass is 10.1. The van der Waals surface area contributed by atoms with Crippen molar-refractivity contribution in [2.75, 3.05) is 13.2 Å². The first-order valence-electron chi connectivity index (χ1n) is 8.73. The highest BCUT2D eigenvalue weighted by Crippen LogP contribution is 2.18. The molecule has 154 valence electrons. The van der Waals surface area contributed by atoms with Gasteiger partial charge in [0, 0.05) is 12.1 Å². The first-order valence-corrected chi connectivity index (χ1v) is 10.2. The van der Waals surface area contributed by atoms with Crippen molar-refractivity contribution >= 4 is 21.8 Å². The highest BCUT2D eigenvalue weighted by atomic mass is 32.2. The van der Waals surface area contributed by atoms with Gasteiger partial charge in [0.2, 0.25) is 10.0 Å². The molecule has 0 aliphatic rings. The van der Waals surface area contributed by atoms with E-state index in [1.165, 1.54) is 30.3 Å². The molecule has 2 amide bonds. The standard InChI is InChI=1S/C20H23N3O5S/c1-4-11-21-29(26,27)17-9-7-16(8-10-17)20(25)23-22-19(24)13-28-18-12-14(2)5-6-15(18)3/h4-10,12,21H,1,11,13H2,2-3H3,(H,22,24)(H,23,25). The average Bonchev–Trinajstić information content (AvgIpc) is 2.71. The maximum Gasteiger partial charge on any atom is 0.276 e. The number of amides is 2. The van der Waals surface area contributed by atoms with Gasteiger partial charge in [-0.3, -0.25) is 20.4 Å². The SMILES string of the molecule is C=CCNS(=O)(=O)c1ccc(C(=O)NNC(=O)COc2cc(C)ccc2C)cc1. The monoisotopic (exact) mass is 417 g/mol. The Labute approximate surface area is 170 Å². The molecule has 0 bridgehead atoms. The molecule has 0 spiro atoms. The van der Waals surface area contributed by atoms with Crippen LogP contribution in [-0.4, -0.2) is 33.4 Å². The molecule has 3 N–H and O–H groups in total. The van der Waals surface area contributed by atoms with Crippen LogP contribution in [0.25, 0.3) is 0 Å². The van der Waals surface area contributed by atoms with E-state index < -0.39 is 21.8 Å². The number of hydrogen-bond donors (Lipinski definition) is 3. The molecule has 0 aliphatic carbocycles. The number of sulfonamides is 1. The largest absolute Gasteiger partial charge is 0.483 e. The third kappa shape index (κ3) is 6.44. The van der Waals surface area contributed by atoms with Crippen LogP contribution < -0.4 is 20.3 Å². The Hall–Kier alpha value is -3.17. The van der Waals surface area contributed by atoms with Crippen molar-refractivity contribution in [1.82, 2.24) is 15.6 Å². The second-order valence-electron chi connectivity index (χ2n) is 6.22. The van der Waals surface area contributed by atoms with Crippen molar-refractivity contribution < 1.29 is 22.7 Å². The molecule has 2 aromatic carbocycles. The van der Waals surface area contributed by atoms with E-state index in [4.69, 9.17) is 4.74 Å². The van der Waals surface area contributed by atoms with Crippen LogP contribution >= 0.6 is 0 Å². The van der Waals surface area contributed by atoms with Crippen molar-refractivity contribution in [3.63, 3.8) is 0 Å². The molecule has 0 radical (unpaired) electrons. The normalized spacial score (nSPS) is 10.8. The topological polar surface area (TPSA) is 114 Å². The van der Waals surface area contributed by atoms with Crippen LogP contribution in [0.2, 0.25) is 0 Å². The second kappa shape index (κ2) is 9.85. The second-order valence-corrected chi connectivity index (χ2v) is 7.99. The molecule has 29 heavy (non-hydrogen) atoms. The Bertz CT molecular complexity index is 1000. The number of hydrazine groups is 1. The Kier molecular flexibility index (Phi) is 7.52. The van der Waals surface area contributed by atoms with E-state index in [9.17, 15) is 18.0 Å². The zero-order valence-electron chi connectivity index (χ0n) is 16.2. The summed E-state index contributed by atoms with van der Waals surface area (Å²) in [6.45, 7) is 7.06. The van der Waals surface area contributed by atoms with Crippen LogP contribution in [0.3, 0.4) is 0 Å². The summed E-state index contributed by atoms with van der Waals surface area (Å²) >= 11 is 0. The molecule has 2 aromatic rings. The molecule has 8 nitrogen and oxygen atoms in total. The predicted octanol–water partition coefficient (Wildman–Crippen LogP) is 1.61. The first kappa shape index (κ1) is 22.1. The fourth-order valence-electron chi connectivity index (χ4n) is 2.28. The Morgan fingerprint density at radius 1 is 1.07 bits per heavy atom. The maximum atomic E-state index is 12.1. The van der Waals surface area contributed by atoms with E-state index in [1.807, 2.05) is 32.0 Å². The highest BCUT2D eigenvalue weighted by Gasteiger charge is 2.14. The molecular formula is C20H23N3O5S. The molecule has 0 fully saturated rings. The van der Waals surface area contributed by atoms with Crippen LogP contribution in [0, 0.1) is 13.8 Å². The summed E-state index contributed by atoms with van der Waals surface area (Å²) in [6, 6.07) is 10.9. The van der Waals surface area contributed by atoms with Gasteiger partial charge >= 0.3 is 0 Å². The summed E-state index contributed by atoms with van der Waals surface area (Å²) < 4.78 is 31.8. The van der Waals surface area contributed by atoms with Crippen molar-refractivity contribution in [3.05, 3.63) is 71.8 Å². The number of rotatable bonds is 8. The van der Waals surface area contributed by atoms with E-state index in [2.05, 4.69) is 22.2 Å². The van der Waals surface area contributed by atoms with Crippen molar-refractivity contribution in [1.29, 1.82) is 0 Å². The average molecular weight is 417 g/mol. The molecule has 9 heteroatoms. The van der Waals surface area contributed by atoms with E-state index in [-0.39, 0.29) is 23.6 Å². The van der Waals surface area contributed by atoms with Gasteiger partial charge in [-0.1, -0.05) is 18.2 Å². The minimum absolute atomic E-state index is 0.0156. The van der Waals surface area contributed by atoms with Crippen LogP contribution in [0.4, 0.5) is 0 Å². The highest BCUT2D eigenvalue weighted by molar-refractivity contribution is 7.89. The number of nitrogens with one attached hydrogen (secondary N) is 3. The summed E-state index contributed by atoms with van der Waals surface area (Å²) in [4.78, 5) is 24.0. The fraction of sp³-hybridized carbons (Fsp3) is 0.200. The lowest BCUT2D eigenvalue weighted by Gasteiger charge is -2.11. The fourth-order valence-corrected chi connectivity index (χ4v) is 3.28. The number of benzene rings is 2. The Morgan fingerprint density at radius 3 is 2.41 bits per heavy atom. The van der Waals surface area contributed by atoms with Gasteiger partial charge in [-0.15, -0.1) is 6.58 Å². The van der Waals surface area contributed by atoms with Crippen molar-refractivity contribution in [3.8, 4) is 5.75 Å². The van der Waals surface area contributed by atoms with Gasteiger partial charge in [-0.25, -0.2) is 13.1 Å². The molecule has 0 atom stereocenters. The summed E-state index contributed by atoms with van der Waals surface area (Å²) in [5.74, 6) is -0.534. The smallest absolute Gasteiger partial charge is 0.276 e. The van der Waals surface area contributed by atoms with Gasteiger partial charge in [0.25, 0.3) is 11.8 Å². The molecule has 0 aliphatic heterocycles. The number of aryl methyl sites for hydroxylation is 2. The van der Waals surface area contributed by atoms with Gasteiger partial charge < -0.3 is 4.74 Å². The first-order chi connectivity index (χ1) is 13.7. The van der Waals surface area contributed by atoms with Crippen molar-refractivity contribution in [2.45, 2.75) is 18.7 Å². The molecule has 0 heterocycles. The Morgan fingerprint density at radius 2 is 1.76 bits per heavy atom. The number of ether oxygens (including phenoxy) is 1. The predicted molar refractivity (Wildman–Crippen MR) is 109 cm³/mol. The minimum atomic E-state index is -3.67. The van der Waals surface area contributed by atoms with E-state index in [1.54, 1.807) is 0 Å². The maximum absolute atomic E-state index is 12.1. The van der Waals surface area contributed by atoms with E-state index >= 15 is 0 Å².